The molecule has 0 atom stereocenters. The molecule has 1 heterocycles. The molecule has 0 radical (unpaired) electrons. The van der Waals surface area contributed by atoms with Crippen molar-refractivity contribution in [2.75, 3.05) is 11.9 Å². The van der Waals surface area contributed by atoms with Gasteiger partial charge in [0.15, 0.2) is 5.82 Å². The van der Waals surface area contributed by atoms with Gasteiger partial charge in [0.25, 0.3) is 0 Å². The van der Waals surface area contributed by atoms with E-state index in [4.69, 9.17) is 11.1 Å². The smallest absolute Gasteiger partial charge is 0.162 e. The zero-order valence-electron chi connectivity index (χ0n) is 9.91. The van der Waals surface area contributed by atoms with Gasteiger partial charge in [0.2, 0.25) is 0 Å². The van der Waals surface area contributed by atoms with E-state index in [2.05, 4.69) is 15.1 Å². The summed E-state index contributed by atoms with van der Waals surface area (Å²) in [6, 6.07) is 0.537. The number of nitrogen functional groups attached to an aromatic ring is 1. The van der Waals surface area contributed by atoms with Crippen LogP contribution in [-0.4, -0.2) is 29.1 Å². The van der Waals surface area contributed by atoms with E-state index in [0.717, 1.165) is 22.6 Å². The van der Waals surface area contributed by atoms with Crippen LogP contribution in [0.2, 0.25) is 0 Å². The second kappa shape index (κ2) is 3.73. The SMILES string of the molecule is Cc1nnc(N(C)C2CC2)c(C(=N)N)c1C. The van der Waals surface area contributed by atoms with Gasteiger partial charge in [0.05, 0.1) is 11.3 Å². The number of hydrogen-bond acceptors (Lipinski definition) is 4. The lowest BCUT2D eigenvalue weighted by molar-refractivity contribution is 0.843. The number of amidine groups is 1. The first-order chi connectivity index (χ1) is 7.52. The maximum atomic E-state index is 7.65. The summed E-state index contributed by atoms with van der Waals surface area (Å²) < 4.78 is 0. The maximum absolute atomic E-state index is 7.65. The Morgan fingerprint density at radius 3 is 2.50 bits per heavy atom. The molecule has 0 saturated heterocycles. The van der Waals surface area contributed by atoms with Crippen molar-refractivity contribution in [3.8, 4) is 0 Å². The molecule has 0 spiro atoms. The first kappa shape index (κ1) is 10.9. The van der Waals surface area contributed by atoms with E-state index >= 15 is 0 Å². The molecule has 0 aromatic carbocycles. The lowest BCUT2D eigenvalue weighted by atomic mass is 10.1. The molecular weight excluding hydrogens is 202 g/mol. The highest BCUT2D eigenvalue weighted by Gasteiger charge is 2.30. The number of nitrogens with one attached hydrogen (secondary N) is 1. The molecule has 5 heteroatoms. The highest BCUT2D eigenvalue weighted by Crippen LogP contribution is 2.31. The monoisotopic (exact) mass is 219 g/mol. The van der Waals surface area contributed by atoms with Crippen molar-refractivity contribution >= 4 is 11.7 Å². The number of nitrogens with zero attached hydrogens (tertiary/aromatic N) is 3. The van der Waals surface area contributed by atoms with E-state index in [1.54, 1.807) is 0 Å². The van der Waals surface area contributed by atoms with E-state index in [-0.39, 0.29) is 5.84 Å². The van der Waals surface area contributed by atoms with Crippen LogP contribution in [0, 0.1) is 19.3 Å². The van der Waals surface area contributed by atoms with Gasteiger partial charge in [-0.1, -0.05) is 0 Å². The molecule has 5 nitrogen and oxygen atoms in total. The topological polar surface area (TPSA) is 78.9 Å². The standard InChI is InChI=1S/C11H17N5/c1-6-7(2)14-15-11(9(6)10(12)13)16(3)8-4-5-8/h8H,4-5H2,1-3H3,(H3,12,13). The van der Waals surface area contributed by atoms with Crippen LogP contribution in [0.15, 0.2) is 0 Å². The Morgan fingerprint density at radius 1 is 1.38 bits per heavy atom. The summed E-state index contributed by atoms with van der Waals surface area (Å²) in [6.45, 7) is 3.82. The van der Waals surface area contributed by atoms with Crippen LogP contribution >= 0.6 is 0 Å². The quantitative estimate of drug-likeness (QED) is 0.586. The van der Waals surface area contributed by atoms with Gasteiger partial charge in [-0.3, -0.25) is 5.41 Å². The van der Waals surface area contributed by atoms with Gasteiger partial charge < -0.3 is 10.6 Å². The lowest BCUT2D eigenvalue weighted by Crippen LogP contribution is -2.27. The van der Waals surface area contributed by atoms with Crippen molar-refractivity contribution in [3.05, 3.63) is 16.8 Å². The highest BCUT2D eigenvalue weighted by molar-refractivity contribution is 6.01. The molecule has 1 aliphatic carbocycles. The summed E-state index contributed by atoms with van der Waals surface area (Å²) in [4.78, 5) is 2.08. The van der Waals surface area contributed by atoms with E-state index in [1.165, 1.54) is 12.8 Å². The van der Waals surface area contributed by atoms with Gasteiger partial charge in [0.1, 0.15) is 5.84 Å². The number of aryl methyl sites for hydroxylation is 1. The Morgan fingerprint density at radius 2 is 2.00 bits per heavy atom. The highest BCUT2D eigenvalue weighted by atomic mass is 15.3. The van der Waals surface area contributed by atoms with Crippen LogP contribution in [0.25, 0.3) is 0 Å². The van der Waals surface area contributed by atoms with E-state index < -0.39 is 0 Å². The lowest BCUT2D eigenvalue weighted by Gasteiger charge is -2.21. The zero-order chi connectivity index (χ0) is 11.9. The van der Waals surface area contributed by atoms with Crippen molar-refractivity contribution in [1.82, 2.24) is 10.2 Å². The molecule has 1 aliphatic rings. The van der Waals surface area contributed by atoms with Crippen molar-refractivity contribution in [3.63, 3.8) is 0 Å². The van der Waals surface area contributed by atoms with Crippen LogP contribution in [0.1, 0.15) is 29.7 Å². The molecule has 1 fully saturated rings. The molecule has 2 rings (SSSR count). The van der Waals surface area contributed by atoms with Crippen molar-refractivity contribution < 1.29 is 0 Å². The number of hydrogen-bond donors (Lipinski definition) is 2. The maximum Gasteiger partial charge on any atom is 0.162 e. The predicted octanol–water partition coefficient (Wildman–Crippen LogP) is 0.976. The van der Waals surface area contributed by atoms with Crippen LogP contribution in [0.3, 0.4) is 0 Å². The summed E-state index contributed by atoms with van der Waals surface area (Å²) in [5, 5.41) is 15.9. The third kappa shape index (κ3) is 1.73. The van der Waals surface area contributed by atoms with Crippen molar-refractivity contribution in [2.45, 2.75) is 32.7 Å². The summed E-state index contributed by atoms with van der Waals surface area (Å²) in [5.41, 5.74) is 8.14. The minimum atomic E-state index is 0.0676. The number of aromatic nitrogens is 2. The predicted molar refractivity (Wildman–Crippen MR) is 63.9 cm³/mol. The molecule has 0 amide bonds. The Kier molecular flexibility index (Phi) is 2.53. The second-order valence-electron chi connectivity index (χ2n) is 4.36. The fraction of sp³-hybridized carbons (Fsp3) is 0.545. The fourth-order valence-corrected chi connectivity index (χ4v) is 1.80. The van der Waals surface area contributed by atoms with Crippen molar-refractivity contribution in [1.29, 1.82) is 5.41 Å². The Labute approximate surface area is 95.2 Å². The normalized spacial score (nSPS) is 14.9. The minimum absolute atomic E-state index is 0.0676. The van der Waals surface area contributed by atoms with Gasteiger partial charge in [0, 0.05) is 13.1 Å². The van der Waals surface area contributed by atoms with Gasteiger partial charge in [-0.15, -0.1) is 5.10 Å². The number of nitrogens with two attached hydrogens (primary N) is 1. The summed E-state index contributed by atoms with van der Waals surface area (Å²) in [5.74, 6) is 0.802. The molecule has 86 valence electrons. The van der Waals surface area contributed by atoms with E-state index in [0.29, 0.717) is 6.04 Å². The van der Waals surface area contributed by atoms with Gasteiger partial charge in [-0.05, 0) is 32.3 Å². The molecule has 16 heavy (non-hydrogen) atoms. The second-order valence-corrected chi connectivity index (χ2v) is 4.36. The Bertz CT molecular complexity index is 436. The number of rotatable bonds is 3. The van der Waals surface area contributed by atoms with E-state index in [9.17, 15) is 0 Å². The fourth-order valence-electron chi connectivity index (χ4n) is 1.80. The summed E-state index contributed by atoms with van der Waals surface area (Å²) in [7, 11) is 1.99. The molecule has 0 aliphatic heterocycles. The third-order valence-corrected chi connectivity index (χ3v) is 3.13. The van der Waals surface area contributed by atoms with Gasteiger partial charge in [-0.25, -0.2) is 0 Å². The van der Waals surface area contributed by atoms with Crippen LogP contribution in [0.4, 0.5) is 5.82 Å². The van der Waals surface area contributed by atoms with Gasteiger partial charge in [-0.2, -0.15) is 5.10 Å². The first-order valence-electron chi connectivity index (χ1n) is 5.43. The number of anilines is 1. The van der Waals surface area contributed by atoms with Crippen LogP contribution in [0.5, 0.6) is 0 Å². The van der Waals surface area contributed by atoms with Crippen LogP contribution < -0.4 is 10.6 Å². The Hall–Kier alpha value is -1.65. The first-order valence-corrected chi connectivity index (χ1v) is 5.43. The molecule has 0 bridgehead atoms. The molecule has 1 aromatic rings. The molecule has 1 aromatic heterocycles. The molecule has 1 saturated carbocycles. The Balaban J connectivity index is 2.51. The van der Waals surface area contributed by atoms with Crippen LogP contribution in [-0.2, 0) is 0 Å². The minimum Gasteiger partial charge on any atom is -0.384 e. The summed E-state index contributed by atoms with van der Waals surface area (Å²) in [6.07, 6.45) is 2.37. The van der Waals surface area contributed by atoms with Crippen molar-refractivity contribution in [2.24, 2.45) is 5.73 Å². The zero-order valence-corrected chi connectivity index (χ0v) is 9.91. The molecule has 3 N–H and O–H groups in total. The van der Waals surface area contributed by atoms with E-state index in [1.807, 2.05) is 20.9 Å². The molecular formula is C11H17N5. The average Bonchev–Trinajstić information content (AvgIpc) is 3.03. The largest absolute Gasteiger partial charge is 0.384 e. The van der Waals surface area contributed by atoms with Gasteiger partial charge >= 0.3 is 0 Å². The third-order valence-electron chi connectivity index (χ3n) is 3.13. The summed E-state index contributed by atoms with van der Waals surface area (Å²) >= 11 is 0. The molecule has 0 unspecified atom stereocenters. The average molecular weight is 219 g/mol.